The summed E-state index contributed by atoms with van der Waals surface area (Å²) in [6.45, 7) is 6.81. The fraction of sp³-hybridized carbons (Fsp3) is 0.222. The van der Waals surface area contributed by atoms with Crippen molar-refractivity contribution >= 4 is 28.7 Å². The molecule has 156 valence electrons. The van der Waals surface area contributed by atoms with Gasteiger partial charge < -0.3 is 10.1 Å². The van der Waals surface area contributed by atoms with E-state index in [0.717, 1.165) is 31.4 Å². The molecule has 3 aromatic rings. The Kier molecular flexibility index (Phi) is 6.06. The number of hydrogen-bond donors (Lipinski definition) is 1. The Morgan fingerprint density at radius 3 is 2.16 bits per heavy atom. The highest BCUT2D eigenvalue weighted by molar-refractivity contribution is 14.1. The minimum absolute atomic E-state index is 0.0509. The molecule has 3 aromatic carbocycles. The number of hydrogen-bond acceptors (Lipinski definition) is 2. The molecule has 0 saturated carbocycles. The largest absolute Gasteiger partial charge is 0.449 e. The summed E-state index contributed by atoms with van der Waals surface area (Å²) in [5.74, 6) is 2.84. The van der Waals surface area contributed by atoms with E-state index >= 15 is 0 Å². The van der Waals surface area contributed by atoms with Crippen molar-refractivity contribution in [3.05, 3.63) is 91.0 Å². The molecular formula is C27H24INO2. The summed E-state index contributed by atoms with van der Waals surface area (Å²) in [6, 6.07) is 16.6. The van der Waals surface area contributed by atoms with Crippen LogP contribution in [0.25, 0.3) is 11.1 Å². The monoisotopic (exact) mass is 521 g/mol. The molecular weight excluding hydrogens is 497 g/mol. The second-order valence-electron chi connectivity index (χ2n) is 7.87. The summed E-state index contributed by atoms with van der Waals surface area (Å²) in [6.07, 6.45) is 5.31. The van der Waals surface area contributed by atoms with E-state index in [-0.39, 0.29) is 5.92 Å². The van der Waals surface area contributed by atoms with Gasteiger partial charge in [0, 0.05) is 21.6 Å². The summed E-state index contributed by atoms with van der Waals surface area (Å²) in [5.41, 5.74) is 10.1. The van der Waals surface area contributed by atoms with Crippen LogP contribution in [0, 0.1) is 36.7 Å². The number of nitrogens with one attached hydrogen (secondary N) is 1. The highest BCUT2D eigenvalue weighted by Crippen LogP contribution is 2.44. The van der Waals surface area contributed by atoms with Gasteiger partial charge in [0.05, 0.1) is 0 Å². The number of halogens is 1. The zero-order valence-electron chi connectivity index (χ0n) is 17.9. The molecule has 3 nitrogen and oxygen atoms in total. The Morgan fingerprint density at radius 2 is 1.58 bits per heavy atom. The quantitative estimate of drug-likeness (QED) is 0.326. The van der Waals surface area contributed by atoms with E-state index in [9.17, 15) is 4.79 Å². The van der Waals surface area contributed by atoms with Gasteiger partial charge >= 0.3 is 6.09 Å². The highest BCUT2D eigenvalue weighted by atomic mass is 127. The smallest absolute Gasteiger partial charge is 0.407 e. The average Bonchev–Trinajstić information content (AvgIpc) is 3.10. The molecule has 0 spiro atoms. The number of carbonyl (C=O) groups excluding carboxylic acids is 1. The van der Waals surface area contributed by atoms with Crippen LogP contribution in [0.15, 0.2) is 48.5 Å². The summed E-state index contributed by atoms with van der Waals surface area (Å²) in [4.78, 5) is 12.6. The number of fused-ring (bicyclic) bond motifs is 3. The van der Waals surface area contributed by atoms with Gasteiger partial charge in [0.1, 0.15) is 6.61 Å². The molecule has 0 radical (unpaired) electrons. The molecule has 31 heavy (non-hydrogen) atoms. The third-order valence-corrected chi connectivity index (χ3v) is 7.83. The maximum Gasteiger partial charge on any atom is 0.407 e. The second-order valence-corrected chi connectivity index (χ2v) is 8.94. The van der Waals surface area contributed by atoms with Crippen molar-refractivity contribution < 1.29 is 9.53 Å². The Hall–Kier alpha value is -2.78. The second kappa shape index (κ2) is 8.76. The first kappa shape index (κ1) is 21.5. The Bertz CT molecular complexity index is 1180. The van der Waals surface area contributed by atoms with Crippen molar-refractivity contribution in [2.75, 3.05) is 6.61 Å². The van der Waals surface area contributed by atoms with Crippen molar-refractivity contribution in [1.82, 2.24) is 5.32 Å². The van der Waals surface area contributed by atoms with E-state index in [1.807, 2.05) is 38.1 Å². The predicted octanol–water partition coefficient (Wildman–Crippen LogP) is 6.24. The molecule has 0 unspecified atom stereocenters. The van der Waals surface area contributed by atoms with Crippen LogP contribution in [0.5, 0.6) is 0 Å². The van der Waals surface area contributed by atoms with Crippen molar-refractivity contribution in [2.24, 2.45) is 0 Å². The molecule has 0 heterocycles. The topological polar surface area (TPSA) is 38.3 Å². The van der Waals surface area contributed by atoms with Crippen LogP contribution in [-0.4, -0.2) is 12.7 Å². The number of rotatable bonds is 4. The average molecular weight is 521 g/mol. The van der Waals surface area contributed by atoms with Crippen molar-refractivity contribution in [1.29, 1.82) is 0 Å². The van der Waals surface area contributed by atoms with Gasteiger partial charge in [-0.3, -0.25) is 0 Å². The van der Waals surface area contributed by atoms with Crippen LogP contribution >= 0.6 is 22.6 Å². The van der Waals surface area contributed by atoms with E-state index in [4.69, 9.17) is 11.2 Å². The normalized spacial score (nSPS) is 12.1. The molecule has 0 aliphatic heterocycles. The van der Waals surface area contributed by atoms with Gasteiger partial charge in [-0.15, -0.1) is 6.42 Å². The lowest BCUT2D eigenvalue weighted by Gasteiger charge is -2.18. The first-order valence-corrected chi connectivity index (χ1v) is 11.4. The van der Waals surface area contributed by atoms with Crippen molar-refractivity contribution in [3.8, 4) is 23.5 Å². The lowest BCUT2D eigenvalue weighted by atomic mass is 9.94. The molecule has 0 aromatic heterocycles. The molecule has 0 fully saturated rings. The number of ether oxygens (including phenoxy) is 1. The zero-order chi connectivity index (χ0) is 22.1. The highest BCUT2D eigenvalue weighted by Gasteiger charge is 2.29. The van der Waals surface area contributed by atoms with Gasteiger partial charge in [0.25, 0.3) is 0 Å². The van der Waals surface area contributed by atoms with E-state index in [1.54, 1.807) is 0 Å². The summed E-state index contributed by atoms with van der Waals surface area (Å²) in [7, 11) is 0. The van der Waals surface area contributed by atoms with Crippen LogP contribution < -0.4 is 5.32 Å². The van der Waals surface area contributed by atoms with Gasteiger partial charge in [0.15, 0.2) is 0 Å². The van der Waals surface area contributed by atoms with Gasteiger partial charge in [-0.25, -0.2) is 4.79 Å². The van der Waals surface area contributed by atoms with Crippen LogP contribution in [0.1, 0.15) is 44.9 Å². The fourth-order valence-corrected chi connectivity index (χ4v) is 5.12. The molecule has 4 rings (SSSR count). The minimum atomic E-state index is -0.418. The first-order chi connectivity index (χ1) is 14.9. The van der Waals surface area contributed by atoms with E-state index in [1.165, 1.54) is 22.3 Å². The lowest BCUT2D eigenvalue weighted by Crippen LogP contribution is -2.26. The van der Waals surface area contributed by atoms with Crippen LogP contribution in [0.4, 0.5) is 4.79 Å². The summed E-state index contributed by atoms with van der Waals surface area (Å²) in [5, 5.41) is 2.92. The number of carbonyl (C=O) groups is 1. The maximum absolute atomic E-state index is 12.6. The standard InChI is InChI=1S/C27H24INO2/c1-5-19-16(2)24(18(4)26(28)17(19)3)14-29-27(30)31-15-25-22-12-8-6-10-20(22)21-11-7-9-13-23(21)25/h1,6-13,25H,14-15H2,2-4H3,(H,29,30). The molecule has 0 bridgehead atoms. The maximum atomic E-state index is 12.6. The molecule has 4 heteroatoms. The van der Waals surface area contributed by atoms with Gasteiger partial charge in [0.2, 0.25) is 0 Å². The van der Waals surface area contributed by atoms with Crippen molar-refractivity contribution in [3.63, 3.8) is 0 Å². The Labute approximate surface area is 197 Å². The predicted molar refractivity (Wildman–Crippen MR) is 133 cm³/mol. The van der Waals surface area contributed by atoms with Gasteiger partial charge in [-0.1, -0.05) is 54.5 Å². The third-order valence-electron chi connectivity index (χ3n) is 6.21. The minimum Gasteiger partial charge on any atom is -0.449 e. The fourth-order valence-electron chi connectivity index (χ4n) is 4.53. The molecule has 0 atom stereocenters. The molecule has 1 N–H and O–H groups in total. The van der Waals surface area contributed by atoms with E-state index in [0.29, 0.717) is 13.2 Å². The number of alkyl carbamates (subject to hydrolysis) is 1. The molecule has 1 aliphatic rings. The van der Waals surface area contributed by atoms with Gasteiger partial charge in [-0.05, 0) is 87.9 Å². The summed E-state index contributed by atoms with van der Waals surface area (Å²) < 4.78 is 6.80. The first-order valence-electron chi connectivity index (χ1n) is 10.3. The number of benzene rings is 3. The lowest BCUT2D eigenvalue weighted by molar-refractivity contribution is 0.142. The third kappa shape index (κ3) is 3.83. The molecule has 1 amide bonds. The van der Waals surface area contributed by atoms with Crippen molar-refractivity contribution in [2.45, 2.75) is 33.2 Å². The Morgan fingerprint density at radius 1 is 1.00 bits per heavy atom. The van der Waals surface area contributed by atoms with E-state index < -0.39 is 6.09 Å². The molecule has 0 saturated heterocycles. The Balaban J connectivity index is 1.47. The number of terminal acetylenes is 1. The van der Waals surface area contributed by atoms with E-state index in [2.05, 4.69) is 65.0 Å². The van der Waals surface area contributed by atoms with Crippen LogP contribution in [0.3, 0.4) is 0 Å². The van der Waals surface area contributed by atoms with Gasteiger partial charge in [-0.2, -0.15) is 0 Å². The SMILES string of the molecule is C#Cc1c(C)c(I)c(C)c(CNC(=O)OCC2c3ccccc3-c3ccccc32)c1C. The molecule has 1 aliphatic carbocycles. The van der Waals surface area contributed by atoms with Crippen LogP contribution in [-0.2, 0) is 11.3 Å². The van der Waals surface area contributed by atoms with Crippen LogP contribution in [0.2, 0.25) is 0 Å². The zero-order valence-corrected chi connectivity index (χ0v) is 20.0. The number of amides is 1. The summed E-state index contributed by atoms with van der Waals surface area (Å²) >= 11 is 2.32.